The number of phosphoric ester groups is 1. The van der Waals surface area contributed by atoms with E-state index in [1.807, 2.05) is 0 Å². The van der Waals surface area contributed by atoms with Gasteiger partial charge in [-0.25, -0.2) is 4.57 Å². The zero-order chi connectivity index (χ0) is 43.9. The van der Waals surface area contributed by atoms with Crippen LogP contribution >= 0.6 is 7.82 Å². The van der Waals surface area contributed by atoms with E-state index >= 15 is 0 Å². The van der Waals surface area contributed by atoms with Gasteiger partial charge in [-0.2, -0.15) is 0 Å². The Hall–Kier alpha value is -1.73. The molecule has 0 radical (unpaired) electrons. The first kappa shape index (κ1) is 58.3. The van der Waals surface area contributed by atoms with Crippen molar-refractivity contribution >= 4 is 19.8 Å². The van der Waals surface area contributed by atoms with E-state index in [1.165, 1.54) is 180 Å². The highest BCUT2D eigenvalue weighted by Gasteiger charge is 2.23. The first-order chi connectivity index (χ1) is 29.3. The van der Waals surface area contributed by atoms with Crippen LogP contribution in [0.25, 0.3) is 0 Å². The summed E-state index contributed by atoms with van der Waals surface area (Å²) in [6.45, 7) is 3.71. The first-order valence-corrected chi connectivity index (χ1v) is 26.8. The van der Waals surface area contributed by atoms with Gasteiger partial charge in [-0.1, -0.05) is 211 Å². The van der Waals surface area contributed by atoms with Gasteiger partial charge >= 0.3 is 19.8 Å². The topological polar surface area (TPSA) is 119 Å². The lowest BCUT2D eigenvalue weighted by atomic mass is 10.0. The van der Waals surface area contributed by atoms with Crippen LogP contribution in [0.5, 0.6) is 0 Å². The molecule has 0 aliphatic rings. The smallest absolute Gasteiger partial charge is 0.462 e. The van der Waals surface area contributed by atoms with Crippen LogP contribution in [0.3, 0.4) is 0 Å². The van der Waals surface area contributed by atoms with Gasteiger partial charge in [0, 0.05) is 12.8 Å². The van der Waals surface area contributed by atoms with E-state index in [1.54, 1.807) is 0 Å². The van der Waals surface area contributed by atoms with Crippen molar-refractivity contribution in [1.29, 1.82) is 0 Å². The molecule has 0 spiro atoms. The molecule has 1 unspecified atom stereocenters. The zero-order valence-electron chi connectivity index (χ0n) is 39.1. The number of phosphoric acid groups is 1. The monoisotopic (exact) mass is 867 g/mol. The molecule has 0 bridgehead atoms. The number of unbranched alkanes of at least 4 members (excludes halogenated alkanes) is 31. The van der Waals surface area contributed by atoms with Crippen LogP contribution in [-0.2, 0) is 28.2 Å². The predicted molar refractivity (Wildman–Crippen MR) is 253 cm³/mol. The number of hydrogen-bond acceptors (Lipinski definition) is 6. The molecular formula is C51H95O8P. The summed E-state index contributed by atoms with van der Waals surface area (Å²) in [7, 11) is -4.76. The lowest BCUT2D eigenvalue weighted by Crippen LogP contribution is -2.29. The molecule has 0 fully saturated rings. The fraction of sp³-hybridized carbons (Fsp3) is 0.843. The van der Waals surface area contributed by atoms with E-state index in [9.17, 15) is 14.2 Å². The minimum Gasteiger partial charge on any atom is -0.462 e. The lowest BCUT2D eigenvalue weighted by molar-refractivity contribution is -0.161. The van der Waals surface area contributed by atoms with Crippen molar-refractivity contribution in [1.82, 2.24) is 0 Å². The molecule has 2 N–H and O–H groups in total. The number of ether oxygens (including phenoxy) is 2. The average Bonchev–Trinajstić information content (AvgIpc) is 3.22. The average molecular weight is 867 g/mol. The normalized spacial score (nSPS) is 12.7. The van der Waals surface area contributed by atoms with Gasteiger partial charge in [0.2, 0.25) is 0 Å². The van der Waals surface area contributed by atoms with Crippen LogP contribution in [0.15, 0.2) is 36.5 Å². The second kappa shape index (κ2) is 46.8. The molecule has 0 amide bonds. The lowest BCUT2D eigenvalue weighted by Gasteiger charge is -2.18. The number of carbonyl (C=O) groups excluding carboxylic acids is 2. The maximum absolute atomic E-state index is 12.5. The minimum absolute atomic E-state index is 0.210. The van der Waals surface area contributed by atoms with Crippen LogP contribution in [0.1, 0.15) is 258 Å². The van der Waals surface area contributed by atoms with Crippen LogP contribution in [0.4, 0.5) is 0 Å². The maximum Gasteiger partial charge on any atom is 0.469 e. The summed E-state index contributed by atoms with van der Waals surface area (Å²) in [5.74, 6) is -0.879. The number of carbonyl (C=O) groups is 2. The van der Waals surface area contributed by atoms with Crippen LogP contribution < -0.4 is 0 Å². The van der Waals surface area contributed by atoms with Gasteiger partial charge in [0.25, 0.3) is 0 Å². The highest BCUT2D eigenvalue weighted by atomic mass is 31.2. The molecule has 0 rings (SSSR count). The first-order valence-electron chi connectivity index (χ1n) is 25.3. The van der Waals surface area contributed by atoms with Crippen molar-refractivity contribution in [3.8, 4) is 0 Å². The molecule has 0 saturated carbocycles. The van der Waals surface area contributed by atoms with Crippen molar-refractivity contribution < 1.29 is 37.9 Å². The highest BCUT2D eigenvalue weighted by molar-refractivity contribution is 7.46. The van der Waals surface area contributed by atoms with Gasteiger partial charge in [0.1, 0.15) is 6.61 Å². The van der Waals surface area contributed by atoms with Crippen LogP contribution in [0, 0.1) is 0 Å². The molecule has 352 valence electrons. The van der Waals surface area contributed by atoms with Gasteiger partial charge in [0.15, 0.2) is 6.10 Å². The number of allylic oxidation sites excluding steroid dienone is 6. The Labute approximate surface area is 370 Å². The molecular weight excluding hydrogens is 772 g/mol. The third-order valence-corrected chi connectivity index (χ3v) is 11.6. The largest absolute Gasteiger partial charge is 0.469 e. The number of hydrogen-bond donors (Lipinski definition) is 2. The fourth-order valence-corrected chi connectivity index (χ4v) is 7.70. The van der Waals surface area contributed by atoms with E-state index in [4.69, 9.17) is 19.3 Å². The molecule has 0 aliphatic carbocycles. The summed E-state index contributed by atoms with van der Waals surface area (Å²) < 4.78 is 26.5. The van der Waals surface area contributed by atoms with Crippen molar-refractivity contribution in [3.63, 3.8) is 0 Å². The summed E-state index contributed by atoms with van der Waals surface area (Å²) >= 11 is 0. The van der Waals surface area contributed by atoms with Gasteiger partial charge in [-0.15, -0.1) is 0 Å². The van der Waals surface area contributed by atoms with Gasteiger partial charge < -0.3 is 19.3 Å². The molecule has 0 aliphatic heterocycles. The van der Waals surface area contributed by atoms with E-state index in [0.717, 1.165) is 44.9 Å². The molecule has 1 atom stereocenters. The third-order valence-electron chi connectivity index (χ3n) is 11.1. The van der Waals surface area contributed by atoms with E-state index in [-0.39, 0.29) is 19.4 Å². The quantitative estimate of drug-likeness (QED) is 0.0269. The SMILES string of the molecule is CCCCCCC/C=C\C/C=C\CCCCCCCCCCCCCC(=O)OC(COC(=O)CCCCCCCCCCC/C=C\CCCCCCCC)COP(=O)(O)O. The highest BCUT2D eigenvalue weighted by Crippen LogP contribution is 2.36. The third kappa shape index (κ3) is 48.9. The predicted octanol–water partition coefficient (Wildman–Crippen LogP) is 16.1. The van der Waals surface area contributed by atoms with Gasteiger partial charge in [-0.3, -0.25) is 14.1 Å². The molecule has 0 aromatic rings. The van der Waals surface area contributed by atoms with Crippen molar-refractivity contribution in [2.24, 2.45) is 0 Å². The Morgan fingerprint density at radius 3 is 1.12 bits per heavy atom. The standard InChI is InChI=1S/C51H95O8P/c1-3-5-7-9-11-13-15-17-19-21-23-24-25-26-28-30-32-34-36-38-40-42-44-46-51(53)59-49(48-58-60(54,55)56)47-57-50(52)45-43-41-39-37-35-33-31-29-27-22-20-18-16-14-12-10-8-6-4-2/h15,17-18,20-21,23,49H,3-14,16,19,22,24-48H2,1-2H3,(H2,54,55,56)/b17-15-,20-18-,23-21-. The molecule has 0 aromatic heterocycles. The molecule has 0 aromatic carbocycles. The van der Waals surface area contributed by atoms with Crippen molar-refractivity contribution in [2.45, 2.75) is 264 Å². The number of rotatable bonds is 47. The molecule has 0 heterocycles. The Bertz CT molecular complexity index is 1070. The fourth-order valence-electron chi connectivity index (χ4n) is 7.34. The Balaban J connectivity index is 3.82. The Morgan fingerprint density at radius 1 is 0.433 bits per heavy atom. The summed E-state index contributed by atoms with van der Waals surface area (Å²) in [5, 5.41) is 0. The molecule has 9 heteroatoms. The summed E-state index contributed by atoms with van der Waals surface area (Å²) in [4.78, 5) is 43.1. The summed E-state index contributed by atoms with van der Waals surface area (Å²) in [6.07, 6.45) is 57.3. The number of esters is 2. The second-order valence-corrected chi connectivity index (χ2v) is 18.4. The molecule has 0 saturated heterocycles. The zero-order valence-corrected chi connectivity index (χ0v) is 40.0. The van der Waals surface area contributed by atoms with Crippen molar-refractivity contribution in [3.05, 3.63) is 36.5 Å². The second-order valence-electron chi connectivity index (χ2n) is 17.1. The summed E-state index contributed by atoms with van der Waals surface area (Å²) in [6, 6.07) is 0. The maximum atomic E-state index is 12.5. The van der Waals surface area contributed by atoms with Crippen LogP contribution in [-0.4, -0.2) is 41.0 Å². The van der Waals surface area contributed by atoms with E-state index in [2.05, 4.69) is 54.8 Å². The van der Waals surface area contributed by atoms with Crippen molar-refractivity contribution in [2.75, 3.05) is 13.2 Å². The van der Waals surface area contributed by atoms with Gasteiger partial charge in [0.05, 0.1) is 6.61 Å². The van der Waals surface area contributed by atoms with E-state index < -0.39 is 32.5 Å². The van der Waals surface area contributed by atoms with Gasteiger partial charge in [-0.05, 0) is 70.6 Å². The Morgan fingerprint density at radius 2 is 0.750 bits per heavy atom. The Kier molecular flexibility index (Phi) is 45.4. The molecule has 8 nitrogen and oxygen atoms in total. The summed E-state index contributed by atoms with van der Waals surface area (Å²) in [5.41, 5.74) is 0. The minimum atomic E-state index is -4.76. The van der Waals surface area contributed by atoms with Crippen LogP contribution in [0.2, 0.25) is 0 Å². The van der Waals surface area contributed by atoms with E-state index in [0.29, 0.717) is 6.42 Å². The molecule has 60 heavy (non-hydrogen) atoms.